The Labute approximate surface area is 100 Å². The fourth-order valence-corrected chi connectivity index (χ4v) is 3.35. The van der Waals surface area contributed by atoms with Crippen molar-refractivity contribution in [3.8, 4) is 11.3 Å². The van der Waals surface area contributed by atoms with Gasteiger partial charge in [-0.05, 0) is 56.4 Å². The van der Waals surface area contributed by atoms with Crippen molar-refractivity contribution < 1.29 is 0 Å². The summed E-state index contributed by atoms with van der Waals surface area (Å²) < 4.78 is 0. The summed E-state index contributed by atoms with van der Waals surface area (Å²) >= 11 is 1.85. The number of benzene rings is 1. The van der Waals surface area contributed by atoms with Crippen LogP contribution in [0.15, 0.2) is 12.1 Å². The maximum atomic E-state index is 4.68. The first-order valence-corrected chi connectivity index (χ1v) is 6.53. The van der Waals surface area contributed by atoms with Gasteiger partial charge in [0.1, 0.15) is 0 Å². The molecule has 82 valence electrons. The third kappa shape index (κ3) is 1.40. The Kier molecular flexibility index (Phi) is 2.15. The summed E-state index contributed by atoms with van der Waals surface area (Å²) in [4.78, 5) is 6.15. The lowest BCUT2D eigenvalue weighted by Gasteiger charge is -2.17. The van der Waals surface area contributed by atoms with Gasteiger partial charge >= 0.3 is 0 Å². The number of aromatic nitrogens is 1. The zero-order chi connectivity index (χ0) is 11.3. The van der Waals surface area contributed by atoms with Crippen LogP contribution in [0.25, 0.3) is 11.3 Å². The second-order valence-electron chi connectivity index (χ2n) is 4.60. The first-order valence-electron chi connectivity index (χ1n) is 5.72. The molecule has 0 amide bonds. The Morgan fingerprint density at radius 2 is 1.81 bits per heavy atom. The zero-order valence-corrected chi connectivity index (χ0v) is 10.7. The largest absolute Gasteiger partial charge is 0.241 e. The third-order valence-electron chi connectivity index (χ3n) is 3.40. The molecule has 2 heteroatoms. The zero-order valence-electron chi connectivity index (χ0n) is 9.92. The lowest BCUT2D eigenvalue weighted by atomic mass is 9.90. The van der Waals surface area contributed by atoms with E-state index in [9.17, 15) is 0 Å². The molecule has 1 aliphatic rings. The van der Waals surface area contributed by atoms with Crippen LogP contribution in [0.3, 0.4) is 0 Å². The van der Waals surface area contributed by atoms with Crippen LogP contribution in [0, 0.1) is 20.8 Å². The van der Waals surface area contributed by atoms with Crippen LogP contribution in [-0.4, -0.2) is 4.98 Å². The maximum absolute atomic E-state index is 4.68. The van der Waals surface area contributed by atoms with Crippen molar-refractivity contribution in [2.45, 2.75) is 33.6 Å². The molecule has 0 unspecified atom stereocenters. The van der Waals surface area contributed by atoms with Gasteiger partial charge in [-0.15, -0.1) is 11.3 Å². The molecule has 0 saturated heterocycles. The third-order valence-corrected chi connectivity index (χ3v) is 4.43. The van der Waals surface area contributed by atoms with Crippen molar-refractivity contribution in [2.24, 2.45) is 0 Å². The Morgan fingerprint density at radius 3 is 2.62 bits per heavy atom. The molecule has 0 atom stereocenters. The smallest absolute Gasteiger partial charge is 0.0904 e. The van der Waals surface area contributed by atoms with Gasteiger partial charge in [0, 0.05) is 10.4 Å². The van der Waals surface area contributed by atoms with Crippen molar-refractivity contribution >= 4 is 11.3 Å². The predicted molar refractivity (Wildman–Crippen MR) is 69.2 cm³/mol. The summed E-state index contributed by atoms with van der Waals surface area (Å²) in [6.07, 6.45) is 2.33. The number of rotatable bonds is 0. The van der Waals surface area contributed by atoms with Crippen LogP contribution in [-0.2, 0) is 12.8 Å². The van der Waals surface area contributed by atoms with Crippen LogP contribution in [0.5, 0.6) is 0 Å². The molecule has 1 aromatic carbocycles. The van der Waals surface area contributed by atoms with E-state index in [1.165, 1.54) is 44.3 Å². The molecule has 0 bridgehead atoms. The van der Waals surface area contributed by atoms with E-state index in [-0.39, 0.29) is 0 Å². The molecule has 0 spiro atoms. The molecule has 0 radical (unpaired) electrons. The minimum atomic E-state index is 1.16. The SMILES string of the molecule is Cc1nc2c(s1)CCc1cc(C)c(C)cc1-2. The van der Waals surface area contributed by atoms with E-state index < -0.39 is 0 Å². The molecule has 1 nitrogen and oxygen atoms in total. The molecule has 16 heavy (non-hydrogen) atoms. The summed E-state index contributed by atoms with van der Waals surface area (Å²) in [5, 5.41) is 1.19. The normalized spacial score (nSPS) is 13.4. The van der Waals surface area contributed by atoms with E-state index in [0.29, 0.717) is 0 Å². The van der Waals surface area contributed by atoms with Crippen LogP contribution in [0.4, 0.5) is 0 Å². The highest BCUT2D eigenvalue weighted by atomic mass is 32.1. The van der Waals surface area contributed by atoms with Gasteiger partial charge in [0.25, 0.3) is 0 Å². The van der Waals surface area contributed by atoms with Gasteiger partial charge in [0.2, 0.25) is 0 Å². The number of nitrogens with zero attached hydrogens (tertiary/aromatic N) is 1. The minimum Gasteiger partial charge on any atom is -0.241 e. The fourth-order valence-electron chi connectivity index (χ4n) is 2.40. The van der Waals surface area contributed by atoms with Crippen LogP contribution in [0.1, 0.15) is 26.6 Å². The molecule has 1 aromatic heterocycles. The first-order chi connectivity index (χ1) is 7.65. The minimum absolute atomic E-state index is 1.16. The van der Waals surface area contributed by atoms with E-state index in [1.807, 2.05) is 11.3 Å². The van der Waals surface area contributed by atoms with Gasteiger partial charge in [-0.3, -0.25) is 0 Å². The Morgan fingerprint density at radius 1 is 1.06 bits per heavy atom. The lowest BCUT2D eigenvalue weighted by Crippen LogP contribution is -2.03. The van der Waals surface area contributed by atoms with Crippen LogP contribution >= 0.6 is 11.3 Å². The van der Waals surface area contributed by atoms with Crippen molar-refractivity contribution in [3.05, 3.63) is 38.7 Å². The molecule has 1 aliphatic carbocycles. The average Bonchev–Trinajstić information content (AvgIpc) is 2.61. The number of hydrogen-bond donors (Lipinski definition) is 0. The van der Waals surface area contributed by atoms with E-state index in [2.05, 4.69) is 37.9 Å². The maximum Gasteiger partial charge on any atom is 0.0904 e. The molecule has 2 aromatic rings. The highest BCUT2D eigenvalue weighted by Gasteiger charge is 2.20. The summed E-state index contributed by atoms with van der Waals surface area (Å²) in [5.41, 5.74) is 6.85. The molecule has 0 fully saturated rings. The van der Waals surface area contributed by atoms with Gasteiger partial charge in [-0.25, -0.2) is 4.98 Å². The fraction of sp³-hybridized carbons (Fsp3) is 0.357. The van der Waals surface area contributed by atoms with Gasteiger partial charge < -0.3 is 0 Å². The van der Waals surface area contributed by atoms with E-state index in [4.69, 9.17) is 0 Å². The number of hydrogen-bond acceptors (Lipinski definition) is 2. The monoisotopic (exact) mass is 229 g/mol. The highest BCUT2D eigenvalue weighted by molar-refractivity contribution is 7.12. The number of thiazole rings is 1. The molecule has 0 saturated carbocycles. The molecule has 0 N–H and O–H groups in total. The number of fused-ring (bicyclic) bond motifs is 3. The van der Waals surface area contributed by atoms with E-state index in [1.54, 1.807) is 0 Å². The van der Waals surface area contributed by atoms with E-state index >= 15 is 0 Å². The Balaban J connectivity index is 2.27. The summed E-state index contributed by atoms with van der Waals surface area (Å²) in [5.74, 6) is 0. The quantitative estimate of drug-likeness (QED) is 0.669. The van der Waals surface area contributed by atoms with Crippen molar-refractivity contribution in [3.63, 3.8) is 0 Å². The number of aryl methyl sites for hydroxylation is 5. The molecule has 3 rings (SSSR count). The van der Waals surface area contributed by atoms with Crippen molar-refractivity contribution in [2.75, 3.05) is 0 Å². The second-order valence-corrected chi connectivity index (χ2v) is 5.89. The van der Waals surface area contributed by atoms with Crippen LogP contribution in [0.2, 0.25) is 0 Å². The first kappa shape index (κ1) is 10.0. The van der Waals surface area contributed by atoms with Crippen molar-refractivity contribution in [1.82, 2.24) is 4.98 Å². The van der Waals surface area contributed by atoms with Gasteiger partial charge in [0.05, 0.1) is 10.7 Å². The predicted octanol–water partition coefficient (Wildman–Crippen LogP) is 3.83. The highest BCUT2D eigenvalue weighted by Crippen LogP contribution is 2.37. The topological polar surface area (TPSA) is 12.9 Å². The molecule has 1 heterocycles. The lowest BCUT2D eigenvalue weighted by molar-refractivity contribution is 0.949. The average molecular weight is 229 g/mol. The van der Waals surface area contributed by atoms with Gasteiger partial charge in [-0.1, -0.05) is 6.07 Å². The molecular formula is C14H15NS. The summed E-state index contributed by atoms with van der Waals surface area (Å²) in [6, 6.07) is 4.64. The standard InChI is InChI=1S/C14H15NS/c1-8-6-11-4-5-13-14(15-10(3)16-13)12(11)7-9(8)2/h6-7H,4-5H2,1-3H3. The Bertz CT molecular complexity index is 566. The Hall–Kier alpha value is -1.15. The summed E-state index contributed by atoms with van der Waals surface area (Å²) in [7, 11) is 0. The van der Waals surface area contributed by atoms with E-state index in [0.717, 1.165) is 6.42 Å². The molecular weight excluding hydrogens is 214 g/mol. The second kappa shape index (κ2) is 3.42. The van der Waals surface area contributed by atoms with Gasteiger partial charge in [0.15, 0.2) is 0 Å². The summed E-state index contributed by atoms with van der Waals surface area (Å²) in [6.45, 7) is 6.48. The van der Waals surface area contributed by atoms with Gasteiger partial charge in [-0.2, -0.15) is 0 Å². The van der Waals surface area contributed by atoms with Crippen LogP contribution < -0.4 is 0 Å². The molecule has 0 aliphatic heterocycles. The van der Waals surface area contributed by atoms with Crippen molar-refractivity contribution in [1.29, 1.82) is 0 Å².